The lowest BCUT2D eigenvalue weighted by Gasteiger charge is -2.46. The summed E-state index contributed by atoms with van der Waals surface area (Å²) >= 11 is 0. The van der Waals surface area contributed by atoms with Crippen molar-refractivity contribution in [1.29, 1.82) is 0 Å². The third-order valence-corrected chi connectivity index (χ3v) is 11.9. The van der Waals surface area contributed by atoms with Crippen molar-refractivity contribution < 1.29 is 14.6 Å². The third-order valence-electron chi connectivity index (χ3n) is 6.95. The van der Waals surface area contributed by atoms with Gasteiger partial charge in [-0.25, -0.2) is 0 Å². The molecule has 0 spiro atoms. The second-order valence-electron chi connectivity index (χ2n) is 10.1. The molecule has 4 nitrogen and oxygen atoms in total. The molecule has 0 amide bonds. The van der Waals surface area contributed by atoms with Crippen molar-refractivity contribution in [3.05, 3.63) is 91.0 Å². The number of hydrogen-bond acceptors (Lipinski definition) is 4. The highest BCUT2D eigenvalue weighted by Gasteiger charge is 2.54. The molecule has 0 radical (unpaired) electrons. The van der Waals surface area contributed by atoms with Crippen LogP contribution in [-0.2, 0) is 4.43 Å². The minimum Gasteiger partial charge on any atom is -0.405 e. The SMILES string of the molecule is CC(C)(C)[Si](OC[C@]1(Nc2ccccc2)CC[C@@H](O)[C@@H]1O)(c1ccccc1)c1ccccc1. The number of anilines is 1. The molecule has 3 atom stereocenters. The van der Waals surface area contributed by atoms with Gasteiger partial charge in [-0.15, -0.1) is 0 Å². The zero-order valence-corrected chi connectivity index (χ0v) is 20.7. The number of hydrogen-bond donors (Lipinski definition) is 3. The van der Waals surface area contributed by atoms with Crippen LogP contribution in [-0.4, -0.2) is 42.9 Å². The average Bonchev–Trinajstić information content (AvgIpc) is 3.09. The highest BCUT2D eigenvalue weighted by molar-refractivity contribution is 6.99. The second kappa shape index (κ2) is 9.43. The lowest BCUT2D eigenvalue weighted by Crippen LogP contribution is -2.68. The lowest BCUT2D eigenvalue weighted by molar-refractivity contribution is 0.00311. The fourth-order valence-corrected chi connectivity index (χ4v) is 9.85. The highest BCUT2D eigenvalue weighted by Crippen LogP contribution is 2.40. The van der Waals surface area contributed by atoms with E-state index in [0.717, 1.165) is 5.69 Å². The molecule has 0 aromatic heterocycles. The van der Waals surface area contributed by atoms with E-state index in [1.807, 2.05) is 42.5 Å². The molecule has 33 heavy (non-hydrogen) atoms. The van der Waals surface area contributed by atoms with Gasteiger partial charge >= 0.3 is 0 Å². The van der Waals surface area contributed by atoms with Gasteiger partial charge in [0.25, 0.3) is 8.32 Å². The van der Waals surface area contributed by atoms with Gasteiger partial charge in [0.05, 0.1) is 18.2 Å². The molecular formula is C28H35NO3Si. The van der Waals surface area contributed by atoms with Gasteiger partial charge in [0, 0.05) is 5.69 Å². The van der Waals surface area contributed by atoms with Crippen LogP contribution in [0.2, 0.25) is 5.04 Å². The lowest BCUT2D eigenvalue weighted by atomic mass is 9.95. The smallest absolute Gasteiger partial charge is 0.261 e. The van der Waals surface area contributed by atoms with Gasteiger partial charge in [-0.3, -0.25) is 0 Å². The van der Waals surface area contributed by atoms with E-state index in [-0.39, 0.29) is 5.04 Å². The summed E-state index contributed by atoms with van der Waals surface area (Å²) in [5, 5.41) is 27.4. The first-order chi connectivity index (χ1) is 15.8. The number of benzene rings is 3. The van der Waals surface area contributed by atoms with Crippen LogP contribution in [0.5, 0.6) is 0 Å². The minimum atomic E-state index is -2.77. The summed E-state index contributed by atoms with van der Waals surface area (Å²) in [6.45, 7) is 7.04. The fourth-order valence-electron chi connectivity index (χ4n) is 5.22. The van der Waals surface area contributed by atoms with Gasteiger partial charge in [0.15, 0.2) is 0 Å². The van der Waals surface area contributed by atoms with Crippen molar-refractivity contribution in [3.8, 4) is 0 Å². The molecule has 0 saturated heterocycles. The number of aliphatic hydroxyl groups excluding tert-OH is 2. The largest absolute Gasteiger partial charge is 0.405 e. The number of para-hydroxylation sites is 1. The fraction of sp³-hybridized carbons (Fsp3) is 0.357. The van der Waals surface area contributed by atoms with E-state index in [0.29, 0.717) is 19.4 Å². The molecular weight excluding hydrogens is 426 g/mol. The monoisotopic (exact) mass is 461 g/mol. The van der Waals surface area contributed by atoms with E-state index < -0.39 is 26.1 Å². The van der Waals surface area contributed by atoms with Crippen LogP contribution in [0.3, 0.4) is 0 Å². The zero-order valence-electron chi connectivity index (χ0n) is 19.7. The Bertz CT molecular complexity index is 984. The van der Waals surface area contributed by atoms with Crippen LogP contribution in [0, 0.1) is 0 Å². The van der Waals surface area contributed by atoms with Crippen molar-refractivity contribution in [1.82, 2.24) is 0 Å². The van der Waals surface area contributed by atoms with Crippen molar-refractivity contribution in [3.63, 3.8) is 0 Å². The Kier molecular flexibility index (Phi) is 6.77. The number of aliphatic hydroxyl groups is 2. The molecule has 4 rings (SSSR count). The molecule has 3 N–H and O–H groups in total. The number of rotatable bonds is 7. The summed E-state index contributed by atoms with van der Waals surface area (Å²) in [5.74, 6) is 0. The van der Waals surface area contributed by atoms with Gasteiger partial charge < -0.3 is 20.0 Å². The summed E-state index contributed by atoms with van der Waals surface area (Å²) in [5.41, 5.74) is 0.144. The molecule has 3 aromatic carbocycles. The van der Waals surface area contributed by atoms with Gasteiger partial charge in [0.2, 0.25) is 0 Å². The predicted molar refractivity (Wildman–Crippen MR) is 138 cm³/mol. The molecule has 5 heteroatoms. The van der Waals surface area contributed by atoms with Gasteiger partial charge in [-0.05, 0) is 40.4 Å². The molecule has 3 aromatic rings. The summed E-state index contributed by atoms with van der Waals surface area (Å²) in [7, 11) is -2.77. The van der Waals surface area contributed by atoms with E-state index in [1.54, 1.807) is 0 Å². The first-order valence-electron chi connectivity index (χ1n) is 11.7. The summed E-state index contributed by atoms with van der Waals surface area (Å²) in [4.78, 5) is 0. The zero-order chi connectivity index (χ0) is 23.5. The molecule has 1 aliphatic carbocycles. The van der Waals surface area contributed by atoms with E-state index in [4.69, 9.17) is 4.43 Å². The average molecular weight is 462 g/mol. The van der Waals surface area contributed by atoms with E-state index >= 15 is 0 Å². The van der Waals surface area contributed by atoms with Crippen LogP contribution in [0.15, 0.2) is 91.0 Å². The summed E-state index contributed by atoms with van der Waals surface area (Å²) in [6, 6.07) is 30.9. The van der Waals surface area contributed by atoms with Gasteiger partial charge in [-0.2, -0.15) is 0 Å². The van der Waals surface area contributed by atoms with Crippen molar-refractivity contribution in [2.45, 2.75) is 56.4 Å². The second-order valence-corrected chi connectivity index (χ2v) is 14.5. The maximum Gasteiger partial charge on any atom is 0.261 e. The van der Waals surface area contributed by atoms with Gasteiger partial charge in [-0.1, -0.05) is 99.6 Å². The first kappa shape index (κ1) is 23.7. The Labute approximate surface area is 198 Å². The Balaban J connectivity index is 1.78. The summed E-state index contributed by atoms with van der Waals surface area (Å²) < 4.78 is 7.15. The van der Waals surface area contributed by atoms with E-state index in [9.17, 15) is 10.2 Å². The van der Waals surface area contributed by atoms with E-state index in [2.05, 4.69) is 74.6 Å². The van der Waals surface area contributed by atoms with Crippen LogP contribution in [0.4, 0.5) is 5.69 Å². The van der Waals surface area contributed by atoms with E-state index in [1.165, 1.54) is 10.4 Å². The molecule has 1 aliphatic rings. The van der Waals surface area contributed by atoms with Crippen LogP contribution >= 0.6 is 0 Å². The molecule has 0 unspecified atom stereocenters. The Morgan fingerprint density at radius 3 is 1.76 bits per heavy atom. The first-order valence-corrected chi connectivity index (χ1v) is 13.6. The van der Waals surface area contributed by atoms with Crippen LogP contribution in [0.1, 0.15) is 33.6 Å². The maximum absolute atomic E-state index is 11.1. The summed E-state index contributed by atoms with van der Waals surface area (Å²) in [6.07, 6.45) is -0.534. The highest BCUT2D eigenvalue weighted by atomic mass is 28.4. The van der Waals surface area contributed by atoms with Crippen LogP contribution < -0.4 is 15.7 Å². The molecule has 0 bridgehead atoms. The molecule has 1 saturated carbocycles. The third kappa shape index (κ3) is 4.51. The predicted octanol–water partition coefficient (Wildman–Crippen LogP) is 3.93. The Morgan fingerprint density at radius 1 is 0.848 bits per heavy atom. The topological polar surface area (TPSA) is 61.7 Å². The van der Waals surface area contributed by atoms with Gasteiger partial charge in [0.1, 0.15) is 6.10 Å². The number of nitrogens with one attached hydrogen (secondary N) is 1. The normalized spacial score (nSPS) is 23.4. The maximum atomic E-state index is 11.1. The van der Waals surface area contributed by atoms with Crippen molar-refractivity contribution >= 4 is 24.4 Å². The van der Waals surface area contributed by atoms with Crippen LogP contribution in [0.25, 0.3) is 0 Å². The molecule has 174 valence electrons. The molecule has 0 aliphatic heterocycles. The minimum absolute atomic E-state index is 0.161. The van der Waals surface area contributed by atoms with Crippen molar-refractivity contribution in [2.75, 3.05) is 11.9 Å². The Hall–Kier alpha value is -2.44. The quantitative estimate of drug-likeness (QED) is 0.467. The van der Waals surface area contributed by atoms with Crippen molar-refractivity contribution in [2.24, 2.45) is 0 Å². The molecule has 0 heterocycles. The standard InChI is InChI=1S/C28H35NO3Si/c1-27(2,3)33(23-15-9-5-10-16-23,24-17-11-6-12-18-24)32-21-28(20-19-25(30)26(28)31)29-22-13-7-4-8-14-22/h4-18,25-26,29-31H,19-21H2,1-3H3/t25-,26+,28-/m1/s1. The molecule has 1 fully saturated rings. The Morgan fingerprint density at radius 2 is 1.33 bits per heavy atom.